The van der Waals surface area contributed by atoms with Gasteiger partial charge in [-0.05, 0) is 32.3 Å². The van der Waals surface area contributed by atoms with Crippen molar-refractivity contribution in [3.8, 4) is 0 Å². The normalized spacial score (nSPS) is 18.9. The number of nitrogens with two attached hydrogens (primary N) is 1. The van der Waals surface area contributed by atoms with Gasteiger partial charge in [0.25, 0.3) is 0 Å². The number of benzene rings is 1. The Kier molecular flexibility index (Phi) is 4.38. The van der Waals surface area contributed by atoms with E-state index >= 15 is 0 Å². The number of hydrogen-bond donors (Lipinski definition) is 2. The van der Waals surface area contributed by atoms with Crippen LogP contribution in [-0.2, 0) is 0 Å². The summed E-state index contributed by atoms with van der Waals surface area (Å²) in [5.41, 5.74) is 8.71. The van der Waals surface area contributed by atoms with E-state index in [-0.39, 0.29) is 18.7 Å². The van der Waals surface area contributed by atoms with Gasteiger partial charge in [-0.15, -0.1) is 0 Å². The molecule has 1 aromatic carbocycles. The van der Waals surface area contributed by atoms with E-state index < -0.39 is 0 Å². The van der Waals surface area contributed by atoms with Gasteiger partial charge in [0.2, 0.25) is 0 Å². The molecular weight excluding hydrogens is 224 g/mol. The summed E-state index contributed by atoms with van der Waals surface area (Å²) in [5.74, 6) is 0. The van der Waals surface area contributed by atoms with Crippen LogP contribution in [-0.4, -0.2) is 35.2 Å². The topological polar surface area (TPSA) is 49.5 Å². The smallest absolute Gasteiger partial charge is 0.0558 e. The molecule has 2 atom stereocenters. The van der Waals surface area contributed by atoms with Crippen LogP contribution in [0.25, 0.3) is 0 Å². The Morgan fingerprint density at radius 1 is 1.33 bits per heavy atom. The second-order valence-corrected chi connectivity index (χ2v) is 5.41. The van der Waals surface area contributed by atoms with E-state index in [2.05, 4.69) is 43.0 Å². The average molecular weight is 248 g/mol. The standard InChI is InChI=1S/C15H24N2O/c1-11-3-5-13(6-4-11)15(12(2)16)17(9-10-18)14-7-8-14/h3-6,12,14-15,18H,7-10,16H2,1-2H3. The molecule has 0 aromatic heterocycles. The highest BCUT2D eigenvalue weighted by Gasteiger charge is 2.35. The maximum Gasteiger partial charge on any atom is 0.0558 e. The molecule has 0 amide bonds. The maximum atomic E-state index is 9.25. The van der Waals surface area contributed by atoms with E-state index in [9.17, 15) is 5.11 Å². The minimum Gasteiger partial charge on any atom is -0.395 e. The Bertz CT molecular complexity index is 371. The van der Waals surface area contributed by atoms with Gasteiger partial charge in [-0.25, -0.2) is 0 Å². The molecule has 0 saturated heterocycles. The van der Waals surface area contributed by atoms with Crippen LogP contribution in [0.3, 0.4) is 0 Å². The van der Waals surface area contributed by atoms with Gasteiger partial charge in [0.05, 0.1) is 6.61 Å². The minimum atomic E-state index is 0.0693. The molecule has 3 N–H and O–H groups in total. The summed E-state index contributed by atoms with van der Waals surface area (Å²) in [7, 11) is 0. The van der Waals surface area contributed by atoms with E-state index in [0.717, 1.165) is 0 Å². The van der Waals surface area contributed by atoms with Crippen molar-refractivity contribution in [3.63, 3.8) is 0 Å². The molecule has 2 unspecified atom stereocenters. The third kappa shape index (κ3) is 3.10. The lowest BCUT2D eigenvalue weighted by Gasteiger charge is -2.34. The molecule has 0 spiro atoms. The molecule has 3 heteroatoms. The predicted molar refractivity (Wildman–Crippen MR) is 74.4 cm³/mol. The molecule has 18 heavy (non-hydrogen) atoms. The monoisotopic (exact) mass is 248 g/mol. The minimum absolute atomic E-state index is 0.0693. The van der Waals surface area contributed by atoms with Gasteiger partial charge in [0, 0.05) is 24.7 Å². The SMILES string of the molecule is Cc1ccc(C(C(C)N)N(CCO)C2CC2)cc1. The van der Waals surface area contributed by atoms with Crippen molar-refractivity contribution in [1.29, 1.82) is 0 Å². The molecule has 100 valence electrons. The second-order valence-electron chi connectivity index (χ2n) is 5.41. The van der Waals surface area contributed by atoms with E-state index in [1.54, 1.807) is 0 Å². The van der Waals surface area contributed by atoms with Crippen molar-refractivity contribution in [1.82, 2.24) is 4.90 Å². The summed E-state index contributed by atoms with van der Waals surface area (Å²) in [5, 5.41) is 9.25. The zero-order chi connectivity index (χ0) is 13.1. The summed E-state index contributed by atoms with van der Waals surface area (Å²) in [6, 6.07) is 9.48. The van der Waals surface area contributed by atoms with Crippen LogP contribution in [0.1, 0.15) is 36.9 Å². The van der Waals surface area contributed by atoms with Crippen molar-refractivity contribution >= 4 is 0 Å². The number of aryl methyl sites for hydroxylation is 1. The van der Waals surface area contributed by atoms with Gasteiger partial charge in [-0.1, -0.05) is 29.8 Å². The Balaban J connectivity index is 2.22. The van der Waals surface area contributed by atoms with Gasteiger partial charge in [-0.2, -0.15) is 0 Å². The Hall–Kier alpha value is -0.900. The molecule has 0 radical (unpaired) electrons. The number of aliphatic hydroxyl groups excluding tert-OH is 1. The third-order valence-electron chi connectivity index (χ3n) is 3.65. The highest BCUT2D eigenvalue weighted by atomic mass is 16.3. The fraction of sp³-hybridized carbons (Fsp3) is 0.600. The van der Waals surface area contributed by atoms with Crippen LogP contribution >= 0.6 is 0 Å². The van der Waals surface area contributed by atoms with Crippen molar-refractivity contribution in [2.24, 2.45) is 5.73 Å². The summed E-state index contributed by atoms with van der Waals surface area (Å²) in [6.07, 6.45) is 2.46. The average Bonchev–Trinajstić information content (AvgIpc) is 3.14. The lowest BCUT2D eigenvalue weighted by molar-refractivity contribution is 0.129. The highest BCUT2D eigenvalue weighted by molar-refractivity contribution is 5.25. The first kappa shape index (κ1) is 13.5. The van der Waals surface area contributed by atoms with Crippen LogP contribution in [0.5, 0.6) is 0 Å². The predicted octanol–water partition coefficient (Wildman–Crippen LogP) is 1.84. The van der Waals surface area contributed by atoms with Crippen LogP contribution in [0, 0.1) is 6.92 Å². The zero-order valence-electron chi connectivity index (χ0n) is 11.3. The first-order valence-corrected chi connectivity index (χ1v) is 6.82. The summed E-state index contributed by atoms with van der Waals surface area (Å²) in [6.45, 7) is 5.06. The Morgan fingerprint density at radius 2 is 1.94 bits per heavy atom. The maximum absolute atomic E-state index is 9.25. The van der Waals surface area contributed by atoms with Crippen LogP contribution in [0.4, 0.5) is 0 Å². The summed E-state index contributed by atoms with van der Waals surface area (Å²) in [4.78, 5) is 2.37. The molecule has 1 saturated carbocycles. The second kappa shape index (κ2) is 5.83. The van der Waals surface area contributed by atoms with Crippen molar-refractivity contribution in [2.75, 3.05) is 13.2 Å². The zero-order valence-corrected chi connectivity index (χ0v) is 11.3. The van der Waals surface area contributed by atoms with Gasteiger partial charge in [0.1, 0.15) is 0 Å². The molecule has 2 rings (SSSR count). The molecular formula is C15H24N2O. The lowest BCUT2D eigenvalue weighted by Crippen LogP contribution is -2.42. The quantitative estimate of drug-likeness (QED) is 0.807. The summed E-state index contributed by atoms with van der Waals surface area (Å²) < 4.78 is 0. The van der Waals surface area contributed by atoms with Gasteiger partial charge >= 0.3 is 0 Å². The molecule has 1 fully saturated rings. The number of nitrogens with zero attached hydrogens (tertiary/aromatic N) is 1. The molecule has 1 aromatic rings. The molecule has 0 aliphatic heterocycles. The third-order valence-corrected chi connectivity index (χ3v) is 3.65. The molecule has 1 aliphatic rings. The van der Waals surface area contributed by atoms with Crippen LogP contribution in [0.2, 0.25) is 0 Å². The fourth-order valence-corrected chi connectivity index (χ4v) is 2.63. The largest absolute Gasteiger partial charge is 0.395 e. The molecule has 0 heterocycles. The van der Waals surface area contributed by atoms with Crippen LogP contribution < -0.4 is 5.73 Å². The summed E-state index contributed by atoms with van der Waals surface area (Å²) >= 11 is 0. The number of aliphatic hydroxyl groups is 1. The number of hydrogen-bond acceptors (Lipinski definition) is 3. The number of rotatable bonds is 6. The molecule has 1 aliphatic carbocycles. The van der Waals surface area contributed by atoms with E-state index in [1.165, 1.54) is 24.0 Å². The first-order valence-electron chi connectivity index (χ1n) is 6.82. The van der Waals surface area contributed by atoms with Gasteiger partial charge in [-0.3, -0.25) is 4.90 Å². The van der Waals surface area contributed by atoms with Gasteiger partial charge in [0.15, 0.2) is 0 Å². The first-order chi connectivity index (χ1) is 8.63. The van der Waals surface area contributed by atoms with Crippen LogP contribution in [0.15, 0.2) is 24.3 Å². The lowest BCUT2D eigenvalue weighted by atomic mass is 9.98. The fourth-order valence-electron chi connectivity index (χ4n) is 2.63. The van der Waals surface area contributed by atoms with Gasteiger partial charge < -0.3 is 10.8 Å². The van der Waals surface area contributed by atoms with E-state index in [1.807, 2.05) is 0 Å². The van der Waals surface area contributed by atoms with Crippen molar-refractivity contribution < 1.29 is 5.11 Å². The van der Waals surface area contributed by atoms with E-state index in [4.69, 9.17) is 5.73 Å². The Morgan fingerprint density at radius 3 is 2.39 bits per heavy atom. The highest BCUT2D eigenvalue weighted by Crippen LogP contribution is 2.35. The van der Waals surface area contributed by atoms with Crippen molar-refractivity contribution in [3.05, 3.63) is 35.4 Å². The van der Waals surface area contributed by atoms with E-state index in [0.29, 0.717) is 12.6 Å². The molecule has 3 nitrogen and oxygen atoms in total. The Labute approximate surface area is 110 Å². The molecule has 0 bridgehead atoms. The van der Waals surface area contributed by atoms with Crippen molar-refractivity contribution in [2.45, 2.75) is 44.8 Å².